The molecule has 0 fully saturated rings. The van der Waals surface area contributed by atoms with Gasteiger partial charge in [0.15, 0.2) is 5.65 Å². The number of hydrogen-bond donors (Lipinski definition) is 1. The number of nitrogens with one attached hydrogen (secondary N) is 1. The molecule has 6 nitrogen and oxygen atoms in total. The van der Waals surface area contributed by atoms with Gasteiger partial charge >= 0.3 is 0 Å². The maximum absolute atomic E-state index is 12.2. The lowest BCUT2D eigenvalue weighted by Gasteiger charge is -2.07. The molecule has 3 rings (SSSR count). The van der Waals surface area contributed by atoms with E-state index in [0.29, 0.717) is 24.4 Å². The Morgan fingerprint density at radius 2 is 2.26 bits per heavy atom. The number of carbonyl (C=O) groups is 1. The third-order valence-corrected chi connectivity index (χ3v) is 3.52. The van der Waals surface area contributed by atoms with Crippen LogP contribution in [0.5, 0.6) is 0 Å². The summed E-state index contributed by atoms with van der Waals surface area (Å²) < 4.78 is 7.25. The molecule has 0 radical (unpaired) electrons. The minimum atomic E-state index is -0.149. The SMILES string of the molecule is CC(C)Cn1cnc2cc(C(=O)NCCc3ccco3)cnc21. The van der Waals surface area contributed by atoms with Crippen molar-refractivity contribution in [2.24, 2.45) is 5.92 Å². The molecule has 3 aromatic heterocycles. The van der Waals surface area contributed by atoms with E-state index in [1.165, 1.54) is 0 Å². The van der Waals surface area contributed by atoms with E-state index >= 15 is 0 Å². The van der Waals surface area contributed by atoms with Crippen molar-refractivity contribution in [1.29, 1.82) is 0 Å². The van der Waals surface area contributed by atoms with E-state index < -0.39 is 0 Å². The van der Waals surface area contributed by atoms with Crippen LogP contribution in [0.25, 0.3) is 11.2 Å². The largest absolute Gasteiger partial charge is 0.469 e. The Hall–Kier alpha value is -2.63. The minimum Gasteiger partial charge on any atom is -0.469 e. The summed E-state index contributed by atoms with van der Waals surface area (Å²) in [7, 11) is 0. The molecule has 3 aromatic rings. The molecule has 1 N–H and O–H groups in total. The third-order valence-electron chi connectivity index (χ3n) is 3.52. The highest BCUT2D eigenvalue weighted by atomic mass is 16.3. The van der Waals surface area contributed by atoms with Gasteiger partial charge in [0, 0.05) is 25.7 Å². The number of rotatable bonds is 6. The Bertz CT molecular complexity index is 790. The molecule has 0 unspecified atom stereocenters. The number of amides is 1. The molecular weight excluding hydrogens is 292 g/mol. The van der Waals surface area contributed by atoms with Crippen LogP contribution < -0.4 is 5.32 Å². The van der Waals surface area contributed by atoms with E-state index in [-0.39, 0.29) is 5.91 Å². The average molecular weight is 312 g/mol. The lowest BCUT2D eigenvalue weighted by atomic mass is 10.2. The maximum Gasteiger partial charge on any atom is 0.252 e. The quantitative estimate of drug-likeness (QED) is 0.759. The number of carbonyl (C=O) groups excluding carboxylic acids is 1. The number of imidazole rings is 1. The summed E-state index contributed by atoms with van der Waals surface area (Å²) in [5.74, 6) is 1.22. The molecule has 0 aliphatic rings. The van der Waals surface area contributed by atoms with Gasteiger partial charge in [-0.2, -0.15) is 0 Å². The fourth-order valence-corrected chi connectivity index (χ4v) is 2.46. The Labute approximate surface area is 134 Å². The Kier molecular flexibility index (Phi) is 4.41. The van der Waals surface area contributed by atoms with E-state index in [0.717, 1.165) is 23.5 Å². The van der Waals surface area contributed by atoms with E-state index in [1.807, 2.05) is 16.7 Å². The summed E-state index contributed by atoms with van der Waals surface area (Å²) in [6, 6.07) is 5.50. The van der Waals surface area contributed by atoms with Gasteiger partial charge in [0.1, 0.15) is 11.3 Å². The van der Waals surface area contributed by atoms with E-state index in [2.05, 4.69) is 29.1 Å². The zero-order chi connectivity index (χ0) is 16.2. The van der Waals surface area contributed by atoms with Gasteiger partial charge in [-0.15, -0.1) is 0 Å². The van der Waals surface area contributed by atoms with Crippen LogP contribution in [0.2, 0.25) is 0 Å². The molecule has 0 saturated heterocycles. The molecular formula is C17H20N4O2. The molecule has 0 aromatic carbocycles. The van der Waals surface area contributed by atoms with Gasteiger partial charge < -0.3 is 14.3 Å². The van der Waals surface area contributed by atoms with E-state index in [4.69, 9.17) is 4.42 Å². The van der Waals surface area contributed by atoms with Gasteiger partial charge in [-0.1, -0.05) is 13.8 Å². The van der Waals surface area contributed by atoms with Crippen molar-refractivity contribution < 1.29 is 9.21 Å². The molecule has 0 atom stereocenters. The van der Waals surface area contributed by atoms with Gasteiger partial charge in [-0.25, -0.2) is 9.97 Å². The first-order chi connectivity index (χ1) is 11.1. The van der Waals surface area contributed by atoms with Crippen LogP contribution in [-0.2, 0) is 13.0 Å². The van der Waals surface area contributed by atoms with Gasteiger partial charge in [0.05, 0.1) is 18.2 Å². The van der Waals surface area contributed by atoms with Crippen LogP contribution in [0.1, 0.15) is 30.0 Å². The van der Waals surface area contributed by atoms with Crippen molar-refractivity contribution in [2.75, 3.05) is 6.54 Å². The van der Waals surface area contributed by atoms with Crippen LogP contribution in [0.4, 0.5) is 0 Å². The molecule has 0 aliphatic heterocycles. The minimum absolute atomic E-state index is 0.149. The number of furan rings is 1. The molecule has 0 bridgehead atoms. The topological polar surface area (TPSA) is 73.0 Å². The third kappa shape index (κ3) is 3.59. The molecule has 1 amide bonds. The van der Waals surface area contributed by atoms with Gasteiger partial charge in [0.2, 0.25) is 0 Å². The Morgan fingerprint density at radius 1 is 1.39 bits per heavy atom. The van der Waals surface area contributed by atoms with E-state index in [9.17, 15) is 4.79 Å². The molecule has 3 heterocycles. The second-order valence-electron chi connectivity index (χ2n) is 5.94. The number of fused-ring (bicyclic) bond motifs is 1. The molecule has 0 saturated carbocycles. The van der Waals surface area contributed by atoms with Crippen LogP contribution in [0.3, 0.4) is 0 Å². The Morgan fingerprint density at radius 3 is 3.00 bits per heavy atom. The van der Waals surface area contributed by atoms with Crippen LogP contribution in [-0.4, -0.2) is 27.0 Å². The van der Waals surface area contributed by atoms with Crippen molar-refractivity contribution >= 4 is 17.1 Å². The molecule has 6 heteroatoms. The highest BCUT2D eigenvalue weighted by molar-refractivity contribution is 5.96. The molecule has 0 aliphatic carbocycles. The van der Waals surface area contributed by atoms with Crippen LogP contribution >= 0.6 is 0 Å². The fourth-order valence-electron chi connectivity index (χ4n) is 2.46. The Balaban J connectivity index is 1.66. The molecule has 23 heavy (non-hydrogen) atoms. The number of nitrogens with zero attached hydrogens (tertiary/aromatic N) is 3. The first-order valence-corrected chi connectivity index (χ1v) is 7.75. The summed E-state index contributed by atoms with van der Waals surface area (Å²) in [6.45, 7) is 5.67. The lowest BCUT2D eigenvalue weighted by molar-refractivity contribution is 0.0953. The summed E-state index contributed by atoms with van der Waals surface area (Å²) in [4.78, 5) is 20.9. The highest BCUT2D eigenvalue weighted by Crippen LogP contribution is 2.13. The number of hydrogen-bond acceptors (Lipinski definition) is 4. The van der Waals surface area contributed by atoms with Gasteiger partial charge in [-0.3, -0.25) is 4.79 Å². The van der Waals surface area contributed by atoms with Crippen molar-refractivity contribution in [3.05, 3.63) is 48.3 Å². The average Bonchev–Trinajstić information content (AvgIpc) is 3.16. The highest BCUT2D eigenvalue weighted by Gasteiger charge is 2.11. The molecule has 120 valence electrons. The number of pyridine rings is 1. The van der Waals surface area contributed by atoms with Crippen LogP contribution in [0.15, 0.2) is 41.4 Å². The monoisotopic (exact) mass is 312 g/mol. The number of aromatic nitrogens is 3. The van der Waals surface area contributed by atoms with Crippen molar-refractivity contribution in [2.45, 2.75) is 26.8 Å². The smallest absolute Gasteiger partial charge is 0.252 e. The zero-order valence-corrected chi connectivity index (χ0v) is 13.3. The standard InChI is InChI=1S/C17H20N4O2/c1-12(2)10-21-11-20-15-8-13(9-19-16(15)21)17(22)18-6-5-14-4-3-7-23-14/h3-4,7-9,11-12H,5-6,10H2,1-2H3,(H,18,22). The lowest BCUT2D eigenvalue weighted by Crippen LogP contribution is -2.25. The van der Waals surface area contributed by atoms with Crippen molar-refractivity contribution in [3.8, 4) is 0 Å². The molecule has 0 spiro atoms. The van der Waals surface area contributed by atoms with Crippen molar-refractivity contribution in [3.63, 3.8) is 0 Å². The first-order valence-electron chi connectivity index (χ1n) is 7.75. The summed E-state index contributed by atoms with van der Waals surface area (Å²) in [5.41, 5.74) is 2.07. The second-order valence-corrected chi connectivity index (χ2v) is 5.94. The maximum atomic E-state index is 12.2. The fraction of sp³-hybridized carbons (Fsp3) is 0.353. The first kappa shape index (κ1) is 15.3. The summed E-state index contributed by atoms with van der Waals surface area (Å²) in [6.07, 6.45) is 5.67. The summed E-state index contributed by atoms with van der Waals surface area (Å²) in [5, 5.41) is 2.87. The van der Waals surface area contributed by atoms with Crippen molar-refractivity contribution in [1.82, 2.24) is 19.9 Å². The van der Waals surface area contributed by atoms with Crippen LogP contribution in [0, 0.1) is 5.92 Å². The van der Waals surface area contributed by atoms with E-state index in [1.54, 1.807) is 24.9 Å². The summed E-state index contributed by atoms with van der Waals surface area (Å²) >= 11 is 0. The predicted molar refractivity (Wildman–Crippen MR) is 87.1 cm³/mol. The second kappa shape index (κ2) is 6.64. The normalized spacial score (nSPS) is 11.3. The van der Waals surface area contributed by atoms with Gasteiger partial charge in [0.25, 0.3) is 5.91 Å². The predicted octanol–water partition coefficient (Wildman–Crippen LogP) is 2.65. The van der Waals surface area contributed by atoms with Gasteiger partial charge in [-0.05, 0) is 24.1 Å². The zero-order valence-electron chi connectivity index (χ0n) is 13.3.